The van der Waals surface area contributed by atoms with Crippen molar-refractivity contribution >= 4 is 23.3 Å². The van der Waals surface area contributed by atoms with Gasteiger partial charge in [-0.15, -0.1) is 0 Å². The lowest BCUT2D eigenvalue weighted by Crippen LogP contribution is -2.67. The van der Waals surface area contributed by atoms with E-state index in [0.29, 0.717) is 41.1 Å². The van der Waals surface area contributed by atoms with Crippen LogP contribution in [0.4, 0.5) is 15.0 Å². The van der Waals surface area contributed by atoms with Gasteiger partial charge in [0.25, 0.3) is 5.91 Å². The molecule has 1 aromatic carbocycles. The summed E-state index contributed by atoms with van der Waals surface area (Å²) in [4.78, 5) is 32.6. The van der Waals surface area contributed by atoms with Crippen molar-refractivity contribution in [3.63, 3.8) is 0 Å². The standard InChI is InChI=1S/C34H39FN6O5/c1-33(2,3)34(39-32(43)44)14-8-6-11-26(34)37-30-28(35)23-19-40(18-20-12-13-21(45-4)16-25(20)46-5)31(42)27(23)29(38-30)22-17-36-41-15-9-7-10-24(22)41/h7,9-10,12-13,15-17,26,39H,6,8,11,14,18-19H2,1-5H3,(H,37,38)(H,43,44). The number of methoxy groups -OCH3 is 2. The van der Waals surface area contributed by atoms with Gasteiger partial charge in [0.05, 0.1) is 55.3 Å². The summed E-state index contributed by atoms with van der Waals surface area (Å²) >= 11 is 0. The average molecular weight is 631 g/mol. The van der Waals surface area contributed by atoms with Crippen LogP contribution in [-0.4, -0.2) is 62.4 Å². The summed E-state index contributed by atoms with van der Waals surface area (Å²) in [5, 5.41) is 20.5. The first-order valence-electron chi connectivity index (χ1n) is 15.4. The van der Waals surface area contributed by atoms with Gasteiger partial charge in [-0.05, 0) is 42.5 Å². The maximum atomic E-state index is 16.7. The summed E-state index contributed by atoms with van der Waals surface area (Å²) in [5.74, 6) is 0.160. The van der Waals surface area contributed by atoms with Crippen molar-refractivity contribution in [3.8, 4) is 22.8 Å². The van der Waals surface area contributed by atoms with Gasteiger partial charge in [0.15, 0.2) is 11.6 Å². The molecular formula is C34H39FN6O5. The van der Waals surface area contributed by atoms with Crippen LogP contribution in [0.2, 0.25) is 0 Å². The van der Waals surface area contributed by atoms with E-state index >= 15 is 4.39 Å². The lowest BCUT2D eigenvalue weighted by molar-refractivity contribution is 0.0719. The molecule has 3 N–H and O–H groups in total. The smallest absolute Gasteiger partial charge is 0.405 e. The van der Waals surface area contributed by atoms with Gasteiger partial charge in [-0.1, -0.05) is 39.7 Å². The third kappa shape index (κ3) is 5.25. The maximum Gasteiger partial charge on any atom is 0.405 e. The monoisotopic (exact) mass is 630 g/mol. The van der Waals surface area contributed by atoms with E-state index in [2.05, 4.69) is 15.7 Å². The molecule has 2 aliphatic rings. The molecule has 12 heteroatoms. The van der Waals surface area contributed by atoms with Crippen LogP contribution in [-0.2, 0) is 13.1 Å². The van der Waals surface area contributed by atoms with E-state index in [-0.39, 0.29) is 35.9 Å². The number of hydrogen-bond acceptors (Lipinski definition) is 7. The Morgan fingerprint density at radius 1 is 1.17 bits per heavy atom. The molecule has 2 unspecified atom stereocenters. The van der Waals surface area contributed by atoms with Crippen molar-refractivity contribution in [2.45, 2.75) is 71.1 Å². The minimum absolute atomic E-state index is 0.0149. The number of aromatic nitrogens is 3. The van der Waals surface area contributed by atoms with E-state index in [9.17, 15) is 14.7 Å². The fraction of sp³-hybridized carbons (Fsp3) is 0.412. The molecule has 0 bridgehead atoms. The van der Waals surface area contributed by atoms with E-state index in [0.717, 1.165) is 18.4 Å². The average Bonchev–Trinajstić information content (AvgIpc) is 3.60. The number of nitrogens with one attached hydrogen (secondary N) is 2. The second-order valence-corrected chi connectivity index (χ2v) is 13.0. The van der Waals surface area contributed by atoms with Crippen molar-refractivity contribution in [3.05, 3.63) is 71.3 Å². The molecule has 3 aromatic heterocycles. The maximum absolute atomic E-state index is 16.7. The Bertz CT molecular complexity index is 1820. The van der Waals surface area contributed by atoms with Gasteiger partial charge in [0.1, 0.15) is 11.5 Å². The van der Waals surface area contributed by atoms with E-state index in [4.69, 9.17) is 14.5 Å². The van der Waals surface area contributed by atoms with Gasteiger partial charge in [-0.25, -0.2) is 18.7 Å². The van der Waals surface area contributed by atoms with Crippen LogP contribution in [0, 0.1) is 11.2 Å². The number of rotatable bonds is 8. The molecule has 1 saturated carbocycles. The third-order valence-corrected chi connectivity index (χ3v) is 9.51. The van der Waals surface area contributed by atoms with Crippen molar-refractivity contribution in [1.29, 1.82) is 0 Å². The Morgan fingerprint density at radius 3 is 2.70 bits per heavy atom. The molecule has 0 spiro atoms. The van der Waals surface area contributed by atoms with Gasteiger partial charge in [0.2, 0.25) is 0 Å². The Kier molecular flexibility index (Phi) is 7.99. The summed E-state index contributed by atoms with van der Waals surface area (Å²) in [6.07, 6.45) is 5.18. The number of fused-ring (bicyclic) bond motifs is 2. The molecule has 11 nitrogen and oxygen atoms in total. The largest absolute Gasteiger partial charge is 0.497 e. The van der Waals surface area contributed by atoms with Crippen LogP contribution in [0.1, 0.15) is 67.9 Å². The zero-order valence-electron chi connectivity index (χ0n) is 26.7. The predicted octanol–water partition coefficient (Wildman–Crippen LogP) is 6.12. The van der Waals surface area contributed by atoms with E-state index in [1.54, 1.807) is 48.2 Å². The lowest BCUT2D eigenvalue weighted by Gasteiger charge is -2.52. The number of ether oxygens (including phenoxy) is 2. The van der Waals surface area contributed by atoms with Crippen molar-refractivity contribution in [2.75, 3.05) is 19.5 Å². The molecule has 6 rings (SSSR count). The Morgan fingerprint density at radius 2 is 1.98 bits per heavy atom. The Balaban J connectivity index is 1.46. The SMILES string of the molecule is COc1ccc(CN2Cc3c(F)c(NC4CCCCC4(NC(=O)O)C(C)(C)C)nc(-c4cnn5ccccc45)c3C2=O)c(OC)c1. The van der Waals surface area contributed by atoms with Crippen LogP contribution >= 0.6 is 0 Å². The Labute approximate surface area is 266 Å². The summed E-state index contributed by atoms with van der Waals surface area (Å²) in [6.45, 7) is 6.16. The van der Waals surface area contributed by atoms with Crippen LogP contribution in [0.3, 0.4) is 0 Å². The summed E-state index contributed by atoms with van der Waals surface area (Å²) in [5.41, 5.74) is 1.39. The number of benzene rings is 1. The van der Waals surface area contributed by atoms with Gasteiger partial charge in [-0.2, -0.15) is 5.10 Å². The quantitative estimate of drug-likeness (QED) is 0.213. The highest BCUT2D eigenvalue weighted by Gasteiger charge is 2.51. The molecule has 0 saturated heterocycles. The zero-order chi connectivity index (χ0) is 32.8. The summed E-state index contributed by atoms with van der Waals surface area (Å²) in [7, 11) is 3.11. The highest BCUT2D eigenvalue weighted by atomic mass is 19.1. The third-order valence-electron chi connectivity index (χ3n) is 9.51. The highest BCUT2D eigenvalue weighted by Crippen LogP contribution is 2.45. The minimum Gasteiger partial charge on any atom is -0.497 e. The molecular weight excluding hydrogens is 591 g/mol. The fourth-order valence-electron chi connectivity index (χ4n) is 7.09. The van der Waals surface area contributed by atoms with E-state index < -0.39 is 28.9 Å². The Hall–Kier alpha value is -4.87. The number of nitrogens with zero attached hydrogens (tertiary/aromatic N) is 4. The van der Waals surface area contributed by atoms with Crippen LogP contribution in [0.15, 0.2) is 48.8 Å². The molecule has 4 aromatic rings. The van der Waals surface area contributed by atoms with Gasteiger partial charge < -0.3 is 30.1 Å². The first kappa shape index (κ1) is 31.1. The second kappa shape index (κ2) is 11.8. The molecule has 1 aliphatic heterocycles. The number of carbonyl (C=O) groups is 2. The highest BCUT2D eigenvalue weighted by molar-refractivity contribution is 6.05. The number of anilines is 1. The molecule has 1 fully saturated rings. The number of halogens is 1. The predicted molar refractivity (Wildman–Crippen MR) is 171 cm³/mol. The fourth-order valence-corrected chi connectivity index (χ4v) is 7.09. The molecule has 0 radical (unpaired) electrons. The first-order valence-corrected chi connectivity index (χ1v) is 15.4. The number of carbonyl (C=O) groups excluding carboxylic acids is 1. The van der Waals surface area contributed by atoms with Crippen LogP contribution in [0.25, 0.3) is 16.8 Å². The second-order valence-electron chi connectivity index (χ2n) is 13.0. The van der Waals surface area contributed by atoms with Crippen LogP contribution in [0.5, 0.6) is 11.5 Å². The van der Waals surface area contributed by atoms with Crippen molar-refractivity contribution < 1.29 is 28.6 Å². The molecule has 2 amide bonds. The molecule has 242 valence electrons. The van der Waals surface area contributed by atoms with Gasteiger partial charge >= 0.3 is 6.09 Å². The summed E-state index contributed by atoms with van der Waals surface area (Å²) in [6, 6.07) is 10.5. The zero-order valence-corrected chi connectivity index (χ0v) is 26.7. The molecule has 4 heterocycles. The van der Waals surface area contributed by atoms with Crippen molar-refractivity contribution in [2.24, 2.45) is 5.41 Å². The normalized spacial score (nSPS) is 19.7. The van der Waals surface area contributed by atoms with Crippen molar-refractivity contribution in [1.82, 2.24) is 24.8 Å². The molecule has 46 heavy (non-hydrogen) atoms. The van der Waals surface area contributed by atoms with Crippen LogP contribution < -0.4 is 20.1 Å². The first-order chi connectivity index (χ1) is 22.0. The van der Waals surface area contributed by atoms with E-state index in [1.807, 2.05) is 45.0 Å². The van der Waals surface area contributed by atoms with Gasteiger partial charge in [-0.3, -0.25) is 4.79 Å². The number of amides is 2. The molecule has 2 atom stereocenters. The summed E-state index contributed by atoms with van der Waals surface area (Å²) < 4.78 is 29.3. The van der Waals surface area contributed by atoms with E-state index in [1.165, 1.54) is 0 Å². The topological polar surface area (TPSA) is 130 Å². The molecule has 1 aliphatic carbocycles. The minimum atomic E-state index is -1.13. The lowest BCUT2D eigenvalue weighted by atomic mass is 9.63. The van der Waals surface area contributed by atoms with Gasteiger partial charge in [0, 0.05) is 35.5 Å². The number of carboxylic acid groups (broad SMARTS) is 1. The number of pyridine rings is 2. The number of hydrogen-bond donors (Lipinski definition) is 3.